The first-order chi connectivity index (χ1) is 10.7. The molecule has 112 valence electrons. The van der Waals surface area contributed by atoms with Crippen LogP contribution in [0.2, 0.25) is 0 Å². The van der Waals surface area contributed by atoms with Crippen molar-refractivity contribution in [3.63, 3.8) is 0 Å². The SMILES string of the molecule is CCc1cc2c(SCC(=O)c3ccc(F)cc3)ncnc2s1. The van der Waals surface area contributed by atoms with Crippen molar-refractivity contribution in [2.24, 2.45) is 0 Å². The van der Waals surface area contributed by atoms with Crippen LogP contribution in [0.25, 0.3) is 10.2 Å². The Labute approximate surface area is 135 Å². The predicted molar refractivity (Wildman–Crippen MR) is 88.2 cm³/mol. The van der Waals surface area contributed by atoms with Crippen molar-refractivity contribution in [2.45, 2.75) is 18.4 Å². The normalized spacial score (nSPS) is 11.0. The molecule has 0 atom stereocenters. The zero-order valence-electron chi connectivity index (χ0n) is 11.9. The number of benzene rings is 1. The molecule has 0 bridgehead atoms. The van der Waals surface area contributed by atoms with Crippen molar-refractivity contribution in [1.29, 1.82) is 0 Å². The summed E-state index contributed by atoms with van der Waals surface area (Å²) in [5.41, 5.74) is 0.513. The van der Waals surface area contributed by atoms with E-state index in [0.717, 1.165) is 21.7 Å². The van der Waals surface area contributed by atoms with Crippen molar-refractivity contribution >= 4 is 39.1 Å². The maximum atomic E-state index is 12.9. The van der Waals surface area contributed by atoms with Gasteiger partial charge in [-0.25, -0.2) is 14.4 Å². The molecule has 22 heavy (non-hydrogen) atoms. The number of thiophene rings is 1. The Morgan fingerprint density at radius 2 is 2.05 bits per heavy atom. The second-order valence-electron chi connectivity index (χ2n) is 4.68. The highest BCUT2D eigenvalue weighted by Gasteiger charge is 2.12. The van der Waals surface area contributed by atoms with E-state index in [9.17, 15) is 9.18 Å². The minimum Gasteiger partial charge on any atom is -0.293 e. The number of ketones is 1. The zero-order chi connectivity index (χ0) is 15.5. The summed E-state index contributed by atoms with van der Waals surface area (Å²) in [6, 6.07) is 7.70. The van der Waals surface area contributed by atoms with E-state index < -0.39 is 0 Å². The number of aromatic nitrogens is 2. The van der Waals surface area contributed by atoms with Crippen LogP contribution in [0.3, 0.4) is 0 Å². The minimum atomic E-state index is -0.341. The predicted octanol–water partition coefficient (Wildman–Crippen LogP) is 4.37. The van der Waals surface area contributed by atoms with Gasteiger partial charge in [0, 0.05) is 15.8 Å². The molecular weight excluding hydrogens is 319 g/mol. The highest BCUT2D eigenvalue weighted by Crippen LogP contribution is 2.31. The van der Waals surface area contributed by atoms with Crippen LogP contribution in [0.4, 0.5) is 4.39 Å². The average Bonchev–Trinajstić information content (AvgIpc) is 2.97. The molecule has 3 aromatic rings. The molecule has 0 aliphatic heterocycles. The minimum absolute atomic E-state index is 0.0392. The molecule has 0 saturated heterocycles. The second kappa shape index (κ2) is 6.54. The monoisotopic (exact) mass is 332 g/mol. The van der Waals surface area contributed by atoms with Crippen LogP contribution in [0.5, 0.6) is 0 Å². The lowest BCUT2D eigenvalue weighted by atomic mass is 10.1. The third kappa shape index (κ3) is 3.18. The fraction of sp³-hybridized carbons (Fsp3) is 0.188. The quantitative estimate of drug-likeness (QED) is 0.395. The fourth-order valence-corrected chi connectivity index (χ4v) is 3.89. The number of carbonyl (C=O) groups excluding carboxylic acids is 1. The van der Waals surface area contributed by atoms with E-state index in [2.05, 4.69) is 23.0 Å². The molecule has 0 amide bonds. The smallest absolute Gasteiger partial charge is 0.173 e. The van der Waals surface area contributed by atoms with Crippen LogP contribution in [-0.4, -0.2) is 21.5 Å². The maximum absolute atomic E-state index is 12.9. The molecule has 0 fully saturated rings. The first-order valence-corrected chi connectivity index (χ1v) is 8.62. The largest absolute Gasteiger partial charge is 0.293 e. The first kappa shape index (κ1) is 15.1. The number of nitrogens with zero attached hydrogens (tertiary/aromatic N) is 2. The van der Waals surface area contributed by atoms with Gasteiger partial charge in [-0.05, 0) is 36.8 Å². The van der Waals surface area contributed by atoms with E-state index in [1.54, 1.807) is 11.3 Å². The van der Waals surface area contributed by atoms with E-state index >= 15 is 0 Å². The van der Waals surface area contributed by atoms with Crippen molar-refractivity contribution in [1.82, 2.24) is 9.97 Å². The van der Waals surface area contributed by atoms with Gasteiger partial charge in [0.05, 0.1) is 5.75 Å². The van der Waals surface area contributed by atoms with Gasteiger partial charge >= 0.3 is 0 Å². The summed E-state index contributed by atoms with van der Waals surface area (Å²) in [6.07, 6.45) is 2.49. The molecule has 3 rings (SSSR count). The number of Topliss-reactive ketones (excluding diaryl/α,β-unsaturated/α-hetero) is 1. The topological polar surface area (TPSA) is 42.9 Å². The number of aryl methyl sites for hydroxylation is 1. The van der Waals surface area contributed by atoms with Crippen molar-refractivity contribution in [2.75, 3.05) is 5.75 Å². The van der Waals surface area contributed by atoms with Gasteiger partial charge in [0.2, 0.25) is 0 Å². The Kier molecular flexibility index (Phi) is 4.49. The van der Waals surface area contributed by atoms with Gasteiger partial charge in [0.1, 0.15) is 22.0 Å². The molecule has 0 unspecified atom stereocenters. The Morgan fingerprint density at radius 1 is 1.27 bits per heavy atom. The van der Waals surface area contributed by atoms with Crippen LogP contribution in [0.15, 0.2) is 41.7 Å². The van der Waals surface area contributed by atoms with Crippen LogP contribution in [0, 0.1) is 5.82 Å². The van der Waals surface area contributed by atoms with Gasteiger partial charge < -0.3 is 0 Å². The second-order valence-corrected chi connectivity index (χ2v) is 6.76. The molecule has 2 aromatic heterocycles. The zero-order valence-corrected chi connectivity index (χ0v) is 13.5. The summed E-state index contributed by atoms with van der Waals surface area (Å²) in [7, 11) is 0. The molecule has 2 heterocycles. The van der Waals surface area contributed by atoms with Crippen LogP contribution < -0.4 is 0 Å². The number of fused-ring (bicyclic) bond motifs is 1. The number of thioether (sulfide) groups is 1. The molecule has 0 aliphatic carbocycles. The van der Waals surface area contributed by atoms with Crippen molar-refractivity contribution < 1.29 is 9.18 Å². The molecule has 6 heteroatoms. The summed E-state index contributed by atoms with van der Waals surface area (Å²) in [4.78, 5) is 22.9. The van der Waals surface area contributed by atoms with Crippen LogP contribution in [0.1, 0.15) is 22.2 Å². The summed E-state index contributed by atoms with van der Waals surface area (Å²) in [5, 5.41) is 1.82. The molecule has 1 aromatic carbocycles. The molecule has 0 aliphatic rings. The molecule has 0 saturated carbocycles. The maximum Gasteiger partial charge on any atom is 0.173 e. The van der Waals surface area contributed by atoms with Crippen LogP contribution >= 0.6 is 23.1 Å². The number of rotatable bonds is 5. The molecule has 0 spiro atoms. The lowest BCUT2D eigenvalue weighted by molar-refractivity contribution is 0.102. The number of hydrogen-bond acceptors (Lipinski definition) is 5. The lowest BCUT2D eigenvalue weighted by Gasteiger charge is -2.02. The highest BCUT2D eigenvalue weighted by molar-refractivity contribution is 8.00. The molecule has 0 radical (unpaired) electrons. The molecule has 0 N–H and O–H groups in total. The Morgan fingerprint density at radius 3 is 2.77 bits per heavy atom. The third-order valence-corrected chi connectivity index (χ3v) is 5.39. The molecular formula is C16H13FN2OS2. The van der Waals surface area contributed by atoms with Gasteiger partial charge in [-0.1, -0.05) is 18.7 Å². The molecule has 3 nitrogen and oxygen atoms in total. The Bertz CT molecular complexity index is 815. The van der Waals surface area contributed by atoms with E-state index in [0.29, 0.717) is 5.56 Å². The van der Waals surface area contributed by atoms with E-state index in [4.69, 9.17) is 0 Å². The lowest BCUT2D eigenvalue weighted by Crippen LogP contribution is -2.02. The standard InChI is InChI=1S/C16H13FN2OS2/c1-2-12-7-13-15(18-9-19-16(13)22-12)21-8-14(20)10-3-5-11(17)6-4-10/h3-7,9H,2,8H2,1H3. The number of carbonyl (C=O) groups is 1. The Balaban J connectivity index is 1.77. The van der Waals surface area contributed by atoms with Gasteiger partial charge in [-0.15, -0.1) is 11.3 Å². The van der Waals surface area contributed by atoms with Crippen molar-refractivity contribution in [3.8, 4) is 0 Å². The van der Waals surface area contributed by atoms with Gasteiger partial charge in [-0.3, -0.25) is 4.79 Å². The summed E-state index contributed by atoms with van der Waals surface area (Å²) < 4.78 is 12.9. The summed E-state index contributed by atoms with van der Waals surface area (Å²) in [5.74, 6) is -0.107. The Hall–Kier alpha value is -1.79. The summed E-state index contributed by atoms with van der Waals surface area (Å²) in [6.45, 7) is 2.10. The van der Waals surface area contributed by atoms with Gasteiger partial charge in [0.25, 0.3) is 0 Å². The third-order valence-electron chi connectivity index (χ3n) is 3.20. The first-order valence-electron chi connectivity index (χ1n) is 6.82. The number of halogens is 1. The van der Waals surface area contributed by atoms with Gasteiger partial charge in [-0.2, -0.15) is 0 Å². The fourth-order valence-electron chi connectivity index (χ4n) is 2.03. The van der Waals surface area contributed by atoms with Crippen molar-refractivity contribution in [3.05, 3.63) is 52.9 Å². The van der Waals surface area contributed by atoms with E-state index in [-0.39, 0.29) is 17.4 Å². The highest BCUT2D eigenvalue weighted by atomic mass is 32.2. The van der Waals surface area contributed by atoms with Crippen LogP contribution in [-0.2, 0) is 6.42 Å². The number of hydrogen-bond donors (Lipinski definition) is 0. The van der Waals surface area contributed by atoms with E-state index in [1.807, 2.05) is 0 Å². The van der Waals surface area contributed by atoms with Gasteiger partial charge in [0.15, 0.2) is 5.78 Å². The average molecular weight is 332 g/mol. The van der Waals surface area contributed by atoms with E-state index in [1.165, 1.54) is 47.2 Å². The summed E-state index contributed by atoms with van der Waals surface area (Å²) >= 11 is 3.05.